The number of benzene rings is 2. The summed E-state index contributed by atoms with van der Waals surface area (Å²) in [5, 5.41) is 0. The second-order valence-electron chi connectivity index (χ2n) is 9.48. The average molecular weight is 515 g/mol. The topological polar surface area (TPSA) is 52.3 Å². The van der Waals surface area contributed by atoms with Crippen LogP contribution in [0.4, 0.5) is 23.2 Å². The molecule has 1 saturated heterocycles. The SMILES string of the molecule is COc1cccc2c1n(Cc1ccccc1C(F)(F)F)c(=O)n2C1(C)CCN(c2cccnc2F)CC1. The van der Waals surface area contributed by atoms with Crippen LogP contribution in [0.25, 0.3) is 11.0 Å². The van der Waals surface area contributed by atoms with Gasteiger partial charge in [0.15, 0.2) is 0 Å². The number of para-hydroxylation sites is 1. The molecule has 0 radical (unpaired) electrons. The summed E-state index contributed by atoms with van der Waals surface area (Å²) in [4.78, 5) is 19.6. The molecule has 1 fully saturated rings. The van der Waals surface area contributed by atoms with Gasteiger partial charge in [-0.15, -0.1) is 0 Å². The summed E-state index contributed by atoms with van der Waals surface area (Å²) < 4.78 is 64.0. The Bertz CT molecular complexity index is 1500. The van der Waals surface area contributed by atoms with Gasteiger partial charge in [0.2, 0.25) is 5.95 Å². The van der Waals surface area contributed by atoms with E-state index in [0.717, 1.165) is 6.07 Å². The van der Waals surface area contributed by atoms with E-state index in [0.29, 0.717) is 48.4 Å². The molecular weight excluding hydrogens is 488 g/mol. The van der Waals surface area contributed by atoms with E-state index in [4.69, 9.17) is 4.74 Å². The van der Waals surface area contributed by atoms with Gasteiger partial charge in [0.25, 0.3) is 0 Å². The number of halogens is 4. The lowest BCUT2D eigenvalue weighted by molar-refractivity contribution is -0.138. The molecule has 0 bridgehead atoms. The molecule has 5 rings (SSSR count). The van der Waals surface area contributed by atoms with E-state index >= 15 is 0 Å². The fourth-order valence-corrected chi connectivity index (χ4v) is 5.29. The van der Waals surface area contributed by atoms with E-state index < -0.39 is 28.9 Å². The normalized spacial score (nSPS) is 15.8. The van der Waals surface area contributed by atoms with Crippen LogP contribution in [0.2, 0.25) is 0 Å². The maximum absolute atomic E-state index is 14.3. The van der Waals surface area contributed by atoms with Crippen LogP contribution < -0.4 is 15.3 Å². The number of hydrogen-bond acceptors (Lipinski definition) is 4. The molecule has 10 heteroatoms. The molecule has 3 heterocycles. The summed E-state index contributed by atoms with van der Waals surface area (Å²) in [6.07, 6.45) is -2.11. The van der Waals surface area contributed by atoms with Crippen molar-refractivity contribution in [2.45, 2.75) is 38.0 Å². The number of pyridine rings is 1. The van der Waals surface area contributed by atoms with Crippen LogP contribution in [-0.4, -0.2) is 34.3 Å². The molecule has 2 aromatic heterocycles. The number of anilines is 1. The minimum Gasteiger partial charge on any atom is -0.494 e. The quantitative estimate of drug-likeness (QED) is 0.263. The average Bonchev–Trinajstić information content (AvgIpc) is 3.16. The fourth-order valence-electron chi connectivity index (χ4n) is 5.29. The molecule has 6 nitrogen and oxygen atoms in total. The van der Waals surface area contributed by atoms with Crippen LogP contribution in [0.5, 0.6) is 5.75 Å². The zero-order valence-corrected chi connectivity index (χ0v) is 20.4. The van der Waals surface area contributed by atoms with E-state index in [2.05, 4.69) is 4.98 Å². The van der Waals surface area contributed by atoms with Gasteiger partial charge in [-0.25, -0.2) is 9.78 Å². The third-order valence-electron chi connectivity index (χ3n) is 7.24. The van der Waals surface area contributed by atoms with Gasteiger partial charge < -0.3 is 9.64 Å². The number of methoxy groups -OCH3 is 1. The fraction of sp³-hybridized carbons (Fsp3) is 0.333. The van der Waals surface area contributed by atoms with Crippen molar-refractivity contribution >= 4 is 16.7 Å². The summed E-state index contributed by atoms with van der Waals surface area (Å²) >= 11 is 0. The van der Waals surface area contributed by atoms with E-state index in [1.165, 1.54) is 36.1 Å². The highest BCUT2D eigenvalue weighted by Gasteiger charge is 2.37. The Balaban J connectivity index is 1.59. The molecule has 2 aromatic carbocycles. The number of hydrogen-bond donors (Lipinski definition) is 0. The predicted molar refractivity (Wildman–Crippen MR) is 133 cm³/mol. The lowest BCUT2D eigenvalue weighted by Gasteiger charge is -2.41. The summed E-state index contributed by atoms with van der Waals surface area (Å²) in [5.74, 6) is -0.149. The molecule has 1 aliphatic heterocycles. The van der Waals surface area contributed by atoms with Crippen LogP contribution in [0.15, 0.2) is 65.6 Å². The lowest BCUT2D eigenvalue weighted by atomic mass is 9.88. The highest BCUT2D eigenvalue weighted by molar-refractivity contribution is 5.83. The molecule has 194 valence electrons. The van der Waals surface area contributed by atoms with Gasteiger partial charge in [0.05, 0.1) is 36.0 Å². The van der Waals surface area contributed by atoms with Crippen molar-refractivity contribution < 1.29 is 22.3 Å². The monoisotopic (exact) mass is 514 g/mol. The Morgan fingerprint density at radius 1 is 1.03 bits per heavy atom. The van der Waals surface area contributed by atoms with Crippen molar-refractivity contribution in [2.24, 2.45) is 0 Å². The molecule has 37 heavy (non-hydrogen) atoms. The molecular formula is C27H26F4N4O2. The molecule has 0 aliphatic carbocycles. The van der Waals surface area contributed by atoms with Crippen molar-refractivity contribution in [1.82, 2.24) is 14.1 Å². The van der Waals surface area contributed by atoms with Gasteiger partial charge in [-0.1, -0.05) is 24.3 Å². The number of fused-ring (bicyclic) bond motifs is 1. The van der Waals surface area contributed by atoms with Crippen molar-refractivity contribution in [3.05, 3.63) is 88.4 Å². The second-order valence-corrected chi connectivity index (χ2v) is 9.48. The number of aromatic nitrogens is 3. The maximum atomic E-state index is 14.3. The van der Waals surface area contributed by atoms with Crippen molar-refractivity contribution in [2.75, 3.05) is 25.1 Å². The Labute approximate surface area is 210 Å². The Hall–Kier alpha value is -3.82. The lowest BCUT2D eigenvalue weighted by Crippen LogP contribution is -2.48. The first-order valence-electron chi connectivity index (χ1n) is 11.9. The van der Waals surface area contributed by atoms with Crippen LogP contribution in [-0.2, 0) is 18.3 Å². The largest absolute Gasteiger partial charge is 0.494 e. The van der Waals surface area contributed by atoms with Gasteiger partial charge in [-0.3, -0.25) is 9.13 Å². The summed E-state index contributed by atoms with van der Waals surface area (Å²) in [6.45, 7) is 2.66. The van der Waals surface area contributed by atoms with E-state index in [9.17, 15) is 22.4 Å². The molecule has 0 saturated carbocycles. The summed E-state index contributed by atoms with van der Waals surface area (Å²) in [5.41, 5.74) is -0.424. The summed E-state index contributed by atoms with van der Waals surface area (Å²) in [7, 11) is 1.47. The predicted octanol–water partition coefficient (Wildman–Crippen LogP) is 5.43. The van der Waals surface area contributed by atoms with E-state index in [1.54, 1.807) is 34.9 Å². The first-order valence-corrected chi connectivity index (χ1v) is 11.9. The van der Waals surface area contributed by atoms with Crippen molar-refractivity contribution in [3.63, 3.8) is 0 Å². The molecule has 0 spiro atoms. The molecule has 0 atom stereocenters. The maximum Gasteiger partial charge on any atom is 0.416 e. The second kappa shape index (κ2) is 9.24. The van der Waals surface area contributed by atoms with Gasteiger partial charge in [-0.2, -0.15) is 17.6 Å². The number of nitrogens with zero attached hydrogens (tertiary/aromatic N) is 4. The van der Waals surface area contributed by atoms with Crippen molar-refractivity contribution in [1.29, 1.82) is 0 Å². The summed E-state index contributed by atoms with van der Waals surface area (Å²) in [6, 6.07) is 13.8. The molecule has 1 aliphatic rings. The number of imidazole rings is 1. The highest BCUT2D eigenvalue weighted by atomic mass is 19.4. The number of alkyl halides is 3. The molecule has 0 amide bonds. The van der Waals surface area contributed by atoms with Gasteiger partial charge in [0, 0.05) is 19.3 Å². The number of piperidine rings is 1. The first-order chi connectivity index (χ1) is 17.6. The minimum atomic E-state index is -4.55. The third-order valence-corrected chi connectivity index (χ3v) is 7.24. The Morgan fingerprint density at radius 3 is 2.43 bits per heavy atom. The third kappa shape index (κ3) is 4.34. The Morgan fingerprint density at radius 2 is 1.76 bits per heavy atom. The van der Waals surface area contributed by atoms with Crippen molar-refractivity contribution in [3.8, 4) is 5.75 Å². The molecule has 4 aromatic rings. The Kier molecular flexibility index (Phi) is 6.21. The highest BCUT2D eigenvalue weighted by Crippen LogP contribution is 2.37. The number of ether oxygens (including phenoxy) is 1. The van der Waals surface area contributed by atoms with E-state index in [1.807, 2.05) is 11.8 Å². The minimum absolute atomic E-state index is 0.00548. The van der Waals surface area contributed by atoms with E-state index in [-0.39, 0.29) is 12.1 Å². The standard InChI is InChI=1S/C27H26F4N4O2/c1-26(12-15-33(16-13-26)21-10-6-14-32-24(21)28)35-20-9-5-11-22(37-2)23(20)34(25(35)36)17-18-7-3-4-8-19(18)27(29,30)31/h3-11,14H,12-13,15-17H2,1-2H3. The van der Waals surface area contributed by atoms with Crippen LogP contribution >= 0.6 is 0 Å². The number of rotatable bonds is 5. The smallest absolute Gasteiger partial charge is 0.416 e. The first kappa shape index (κ1) is 24.9. The van der Waals surface area contributed by atoms with Gasteiger partial charge >= 0.3 is 11.9 Å². The van der Waals surface area contributed by atoms with Gasteiger partial charge in [0.1, 0.15) is 11.3 Å². The zero-order chi connectivity index (χ0) is 26.4. The molecule has 0 N–H and O–H groups in total. The molecule has 0 unspecified atom stereocenters. The zero-order valence-electron chi connectivity index (χ0n) is 20.4. The van der Waals surface area contributed by atoms with Crippen LogP contribution in [0.3, 0.4) is 0 Å². The van der Waals surface area contributed by atoms with Crippen LogP contribution in [0, 0.1) is 5.95 Å². The van der Waals surface area contributed by atoms with Gasteiger partial charge in [-0.05, 0) is 55.7 Å². The van der Waals surface area contributed by atoms with Crippen LogP contribution in [0.1, 0.15) is 30.9 Å².